The van der Waals surface area contributed by atoms with Gasteiger partial charge in [-0.25, -0.2) is 0 Å². The van der Waals surface area contributed by atoms with Crippen LogP contribution in [0.3, 0.4) is 0 Å². The molecule has 1 heterocycles. The van der Waals surface area contributed by atoms with Crippen LogP contribution in [-0.4, -0.2) is 27.9 Å². The molecule has 0 spiro atoms. The van der Waals surface area contributed by atoms with E-state index in [-0.39, 0.29) is 23.8 Å². The number of carbonyl (C=O) groups is 2. The average molecular weight is 402 g/mol. The van der Waals surface area contributed by atoms with Crippen molar-refractivity contribution in [2.75, 3.05) is 0 Å². The molecule has 0 aromatic heterocycles. The van der Waals surface area contributed by atoms with E-state index in [2.05, 4.69) is 0 Å². The van der Waals surface area contributed by atoms with Crippen molar-refractivity contribution in [2.24, 2.45) is 11.8 Å². The summed E-state index contributed by atoms with van der Waals surface area (Å²) >= 11 is 13.0. The predicted molar refractivity (Wildman–Crippen MR) is 102 cm³/mol. The lowest BCUT2D eigenvalue weighted by atomic mass is 9.52. The lowest BCUT2D eigenvalue weighted by molar-refractivity contribution is -0.143. The average Bonchev–Trinajstić information content (AvgIpc) is 2.87. The van der Waals surface area contributed by atoms with E-state index >= 15 is 0 Å². The molecule has 3 aliphatic carbocycles. The van der Waals surface area contributed by atoms with Crippen LogP contribution in [0.25, 0.3) is 0 Å². The molecule has 2 amide bonds. The zero-order valence-corrected chi connectivity index (χ0v) is 16.3. The lowest BCUT2D eigenvalue weighted by Gasteiger charge is -2.51. The molecule has 6 heteroatoms. The summed E-state index contributed by atoms with van der Waals surface area (Å²) in [6, 6.07) is 10.5. The number of nitrogens with zero attached hydrogens (tertiary/aromatic N) is 1. The Kier molecular flexibility index (Phi) is 3.41. The van der Waals surface area contributed by atoms with E-state index in [1.54, 1.807) is 26.0 Å². The molecule has 4 aliphatic rings. The Morgan fingerprint density at radius 1 is 0.963 bits per heavy atom. The van der Waals surface area contributed by atoms with Crippen LogP contribution in [0.2, 0.25) is 10.0 Å². The van der Waals surface area contributed by atoms with Crippen LogP contribution in [0, 0.1) is 11.8 Å². The molecule has 1 fully saturated rings. The van der Waals surface area contributed by atoms with Crippen molar-refractivity contribution in [1.82, 2.24) is 4.90 Å². The third kappa shape index (κ3) is 1.84. The summed E-state index contributed by atoms with van der Waals surface area (Å²) in [5, 5.41) is 12.8. The SMILES string of the molecule is CC(C)N1C(=O)C2C3c4cccc(Cl)c4C(O)(c4c(Cl)cccc43)C2C1=O. The number of benzene rings is 2. The Morgan fingerprint density at radius 3 is 1.96 bits per heavy atom. The molecule has 1 N–H and O–H groups in total. The maximum Gasteiger partial charge on any atom is 0.237 e. The minimum Gasteiger partial charge on any atom is -0.379 e. The Morgan fingerprint density at radius 2 is 1.48 bits per heavy atom. The molecule has 138 valence electrons. The Bertz CT molecular complexity index is 979. The summed E-state index contributed by atoms with van der Waals surface area (Å²) in [5.41, 5.74) is 0.882. The van der Waals surface area contributed by atoms with Crippen LogP contribution in [0.15, 0.2) is 36.4 Å². The first-order chi connectivity index (χ1) is 12.8. The number of likely N-dealkylation sites (tertiary alicyclic amines) is 1. The summed E-state index contributed by atoms with van der Waals surface area (Å²) in [5.74, 6) is -2.52. The van der Waals surface area contributed by atoms with E-state index in [4.69, 9.17) is 23.2 Å². The van der Waals surface area contributed by atoms with Gasteiger partial charge in [0.05, 0.1) is 11.8 Å². The highest BCUT2D eigenvalue weighted by Crippen LogP contribution is 2.65. The molecule has 2 bridgehead atoms. The van der Waals surface area contributed by atoms with Gasteiger partial charge in [0, 0.05) is 33.1 Å². The van der Waals surface area contributed by atoms with Crippen molar-refractivity contribution in [2.45, 2.75) is 31.4 Å². The second-order valence-corrected chi connectivity index (χ2v) is 8.61. The van der Waals surface area contributed by atoms with E-state index in [0.717, 1.165) is 11.1 Å². The van der Waals surface area contributed by atoms with Crippen LogP contribution < -0.4 is 0 Å². The third-order valence-electron chi connectivity index (χ3n) is 6.23. The first kappa shape index (κ1) is 17.2. The number of hydrogen-bond donors (Lipinski definition) is 1. The molecule has 27 heavy (non-hydrogen) atoms. The zero-order valence-electron chi connectivity index (χ0n) is 14.7. The molecule has 1 saturated heterocycles. The van der Waals surface area contributed by atoms with Gasteiger partial charge in [0.2, 0.25) is 11.8 Å². The second-order valence-electron chi connectivity index (χ2n) is 7.80. The third-order valence-corrected chi connectivity index (χ3v) is 6.86. The number of halogens is 2. The number of rotatable bonds is 1. The van der Waals surface area contributed by atoms with Gasteiger partial charge in [0.25, 0.3) is 0 Å². The van der Waals surface area contributed by atoms with Crippen LogP contribution in [0.5, 0.6) is 0 Å². The van der Waals surface area contributed by atoms with Crippen molar-refractivity contribution in [3.05, 3.63) is 68.7 Å². The maximum absolute atomic E-state index is 13.3. The van der Waals surface area contributed by atoms with E-state index in [0.29, 0.717) is 21.2 Å². The molecule has 0 saturated carbocycles. The minimum atomic E-state index is -1.73. The molecule has 6 rings (SSSR count). The normalized spacial score (nSPS) is 30.6. The van der Waals surface area contributed by atoms with Gasteiger partial charge in [0.1, 0.15) is 5.60 Å². The minimum absolute atomic E-state index is 0.236. The summed E-state index contributed by atoms with van der Waals surface area (Å²) in [4.78, 5) is 27.8. The molecular weight excluding hydrogens is 385 g/mol. The van der Waals surface area contributed by atoms with Crippen molar-refractivity contribution in [3.63, 3.8) is 0 Å². The van der Waals surface area contributed by atoms with Gasteiger partial charge in [-0.2, -0.15) is 0 Å². The number of aliphatic hydroxyl groups is 1. The molecule has 2 aromatic rings. The maximum atomic E-state index is 13.3. The molecule has 0 radical (unpaired) electrons. The van der Waals surface area contributed by atoms with Crippen LogP contribution >= 0.6 is 23.2 Å². The first-order valence-corrected chi connectivity index (χ1v) is 9.72. The van der Waals surface area contributed by atoms with Gasteiger partial charge in [0.15, 0.2) is 0 Å². The molecule has 2 atom stereocenters. The molecular formula is C21H17Cl2NO3. The Balaban J connectivity index is 1.91. The summed E-state index contributed by atoms with van der Waals surface area (Å²) in [6.07, 6.45) is 0. The standard InChI is InChI=1S/C21H17Cl2NO3/c1-9(2)24-19(25)15-14-10-5-3-7-12(22)16(10)21(27,18(15)20(24)26)17-11(14)6-4-8-13(17)23/h3-9,14-15,18,27H,1-2H3. The molecule has 1 aliphatic heterocycles. The fraction of sp³-hybridized carbons (Fsp3) is 0.333. The van der Waals surface area contributed by atoms with Gasteiger partial charge in [-0.05, 0) is 37.1 Å². The van der Waals surface area contributed by atoms with Crippen molar-refractivity contribution >= 4 is 35.0 Å². The fourth-order valence-electron chi connectivity index (χ4n) is 5.39. The van der Waals surface area contributed by atoms with E-state index < -0.39 is 17.4 Å². The highest BCUT2D eigenvalue weighted by atomic mass is 35.5. The smallest absolute Gasteiger partial charge is 0.237 e. The number of hydrogen-bond acceptors (Lipinski definition) is 3. The zero-order chi connectivity index (χ0) is 19.2. The van der Waals surface area contributed by atoms with E-state index in [1.807, 2.05) is 24.3 Å². The summed E-state index contributed by atoms with van der Waals surface area (Å²) < 4.78 is 0. The number of carbonyl (C=O) groups excluding carboxylic acids is 2. The Hall–Kier alpha value is -1.88. The molecule has 4 nitrogen and oxygen atoms in total. The topological polar surface area (TPSA) is 57.6 Å². The van der Waals surface area contributed by atoms with Crippen molar-refractivity contribution < 1.29 is 14.7 Å². The number of amides is 2. The largest absolute Gasteiger partial charge is 0.379 e. The Labute approximate surface area is 166 Å². The highest BCUT2D eigenvalue weighted by Gasteiger charge is 2.69. The fourth-order valence-corrected chi connectivity index (χ4v) is 6.04. The van der Waals surface area contributed by atoms with Crippen LogP contribution in [0.4, 0.5) is 0 Å². The highest BCUT2D eigenvalue weighted by molar-refractivity contribution is 6.33. The van der Waals surface area contributed by atoms with Crippen molar-refractivity contribution in [3.8, 4) is 0 Å². The monoisotopic (exact) mass is 401 g/mol. The van der Waals surface area contributed by atoms with Gasteiger partial charge in [-0.3, -0.25) is 14.5 Å². The number of imide groups is 1. The van der Waals surface area contributed by atoms with Gasteiger partial charge >= 0.3 is 0 Å². The first-order valence-electron chi connectivity index (χ1n) is 8.97. The molecule has 2 unspecified atom stereocenters. The molecule has 2 aromatic carbocycles. The second kappa shape index (κ2) is 5.34. The van der Waals surface area contributed by atoms with Gasteiger partial charge in [-0.1, -0.05) is 47.5 Å². The summed E-state index contributed by atoms with van der Waals surface area (Å²) in [7, 11) is 0. The van der Waals surface area contributed by atoms with Crippen molar-refractivity contribution in [1.29, 1.82) is 0 Å². The van der Waals surface area contributed by atoms with Gasteiger partial charge < -0.3 is 5.11 Å². The van der Waals surface area contributed by atoms with Gasteiger partial charge in [-0.15, -0.1) is 0 Å². The van der Waals surface area contributed by atoms with E-state index in [1.165, 1.54) is 4.90 Å². The summed E-state index contributed by atoms with van der Waals surface area (Å²) in [6.45, 7) is 3.61. The lowest BCUT2D eigenvalue weighted by Crippen LogP contribution is -2.54. The van der Waals surface area contributed by atoms with E-state index in [9.17, 15) is 14.7 Å². The van der Waals surface area contributed by atoms with Crippen LogP contribution in [0.1, 0.15) is 42.0 Å². The predicted octanol–water partition coefficient (Wildman–Crippen LogP) is 3.70. The quantitative estimate of drug-likeness (QED) is 0.741. The van der Waals surface area contributed by atoms with Crippen LogP contribution in [-0.2, 0) is 15.2 Å².